The number of nitrogens with zero attached hydrogens (tertiary/aromatic N) is 4. The summed E-state index contributed by atoms with van der Waals surface area (Å²) in [6, 6.07) is 17.2. The van der Waals surface area contributed by atoms with Crippen LogP contribution >= 0.6 is 12.2 Å². The first-order chi connectivity index (χ1) is 21.3. The maximum absolute atomic E-state index is 12.8. The Kier molecular flexibility index (Phi) is 8.53. The van der Waals surface area contributed by atoms with Crippen molar-refractivity contribution in [3.8, 4) is 17.2 Å². The summed E-state index contributed by atoms with van der Waals surface area (Å²) in [5, 5.41) is 18.6. The van der Waals surface area contributed by atoms with Gasteiger partial charge in [0, 0.05) is 46.9 Å². The molecule has 0 saturated carbocycles. The minimum absolute atomic E-state index is 0.0396. The second kappa shape index (κ2) is 12.2. The maximum Gasteiger partial charge on any atom is 0.271 e. The molecule has 4 aromatic rings. The number of anilines is 2. The number of nitro benzene ring substituents is 1. The van der Waals surface area contributed by atoms with E-state index < -0.39 is 10.3 Å². The highest BCUT2D eigenvalue weighted by atomic mass is 32.1. The number of ether oxygens (including phenoxy) is 2. The van der Waals surface area contributed by atoms with E-state index in [1.807, 2.05) is 80.5 Å². The minimum atomic E-state index is -0.588. The quantitative estimate of drug-likeness (QED) is 0.127. The number of amides is 1. The molecule has 0 spiro atoms. The van der Waals surface area contributed by atoms with Crippen molar-refractivity contribution >= 4 is 40.3 Å². The molecule has 2 atom stereocenters. The highest BCUT2D eigenvalue weighted by Crippen LogP contribution is 2.45. The molecule has 2 aromatic carbocycles. The molecule has 2 N–H and O–H groups in total. The number of hydrogen-bond donors (Lipinski definition) is 2. The molecule has 1 saturated heterocycles. The second-order valence-electron chi connectivity index (χ2n) is 11.9. The van der Waals surface area contributed by atoms with Gasteiger partial charge in [-0.2, -0.15) is 0 Å². The van der Waals surface area contributed by atoms with Gasteiger partial charge in [-0.25, -0.2) is 0 Å². The number of carbonyl (C=O) groups is 1. The lowest BCUT2D eigenvalue weighted by Gasteiger charge is -2.29. The van der Waals surface area contributed by atoms with E-state index in [1.54, 1.807) is 26.5 Å². The monoisotopic (exact) mass is 628 g/mol. The van der Waals surface area contributed by atoms with Crippen LogP contribution in [0.25, 0.3) is 5.69 Å². The molecule has 0 bridgehead atoms. The molecule has 3 heterocycles. The van der Waals surface area contributed by atoms with Crippen LogP contribution in [0.15, 0.2) is 66.9 Å². The number of non-ortho nitro benzene ring substituents is 1. The average molecular weight is 629 g/mol. The van der Waals surface area contributed by atoms with Gasteiger partial charge in [0.25, 0.3) is 5.69 Å². The van der Waals surface area contributed by atoms with Crippen molar-refractivity contribution in [2.45, 2.75) is 46.7 Å². The van der Waals surface area contributed by atoms with E-state index in [0.29, 0.717) is 28.0 Å². The number of nitrogens with one attached hydrogen (secondary N) is 2. The Hall–Kier alpha value is -4.97. The summed E-state index contributed by atoms with van der Waals surface area (Å²) in [5.74, 6) is 0.855. The zero-order valence-corrected chi connectivity index (χ0v) is 27.1. The summed E-state index contributed by atoms with van der Waals surface area (Å²) in [4.78, 5) is 30.7. The fourth-order valence-electron chi connectivity index (χ4n) is 5.62. The highest BCUT2D eigenvalue weighted by molar-refractivity contribution is 7.80. The Labute approximate surface area is 267 Å². The van der Waals surface area contributed by atoms with E-state index >= 15 is 0 Å². The molecule has 1 aliphatic rings. The normalized spacial score (nSPS) is 16.3. The maximum atomic E-state index is 12.8. The number of benzene rings is 2. The third-order valence-corrected chi connectivity index (χ3v) is 8.21. The van der Waals surface area contributed by atoms with E-state index in [0.717, 1.165) is 28.3 Å². The topological polar surface area (TPSA) is 124 Å². The molecule has 12 heteroatoms. The zero-order valence-electron chi connectivity index (χ0n) is 26.2. The summed E-state index contributed by atoms with van der Waals surface area (Å²) in [5.41, 5.74) is 4.68. The fourth-order valence-corrected chi connectivity index (χ4v) is 5.96. The molecule has 45 heavy (non-hydrogen) atoms. The predicted molar refractivity (Wildman–Crippen MR) is 177 cm³/mol. The Morgan fingerprint density at radius 1 is 1.04 bits per heavy atom. The SMILES string of the molecule is COc1cc(N2C(=S)N[C@@H](c3ccccn3)[C@@H]2c2cc(C)n(-c3cc([N+](=O)[O-])ccc3OC)c2C)ccc1NC(=O)C(C)(C)C. The number of aryl methyl sites for hydroxylation is 1. The Morgan fingerprint density at radius 2 is 1.78 bits per heavy atom. The number of hydrogen-bond acceptors (Lipinski definition) is 7. The van der Waals surface area contributed by atoms with E-state index in [1.165, 1.54) is 12.1 Å². The molecule has 1 fully saturated rings. The summed E-state index contributed by atoms with van der Waals surface area (Å²) in [7, 11) is 3.10. The lowest BCUT2D eigenvalue weighted by atomic mass is 9.95. The van der Waals surface area contributed by atoms with Crippen LogP contribution in [0.1, 0.15) is 55.5 Å². The Balaban J connectivity index is 1.66. The molecular weight excluding hydrogens is 592 g/mol. The average Bonchev–Trinajstić information content (AvgIpc) is 3.51. The van der Waals surface area contributed by atoms with E-state index in [4.69, 9.17) is 21.7 Å². The Bertz CT molecular complexity index is 1780. The molecule has 234 valence electrons. The third-order valence-electron chi connectivity index (χ3n) is 7.89. The van der Waals surface area contributed by atoms with Crippen LogP contribution in [0.5, 0.6) is 11.5 Å². The number of aromatic nitrogens is 2. The summed E-state index contributed by atoms with van der Waals surface area (Å²) < 4.78 is 13.3. The summed E-state index contributed by atoms with van der Waals surface area (Å²) >= 11 is 5.94. The van der Waals surface area contributed by atoms with Gasteiger partial charge in [0.15, 0.2) is 5.11 Å². The van der Waals surface area contributed by atoms with Crippen LogP contribution in [0.3, 0.4) is 0 Å². The van der Waals surface area contributed by atoms with Crippen LogP contribution in [-0.4, -0.2) is 39.7 Å². The van der Waals surface area contributed by atoms with Gasteiger partial charge >= 0.3 is 0 Å². The van der Waals surface area contributed by atoms with Crippen LogP contribution in [0.4, 0.5) is 17.1 Å². The standard InChI is InChI=1S/C33H36N6O5S/c1-19-16-23(20(2)37(19)26-17-22(39(41)42)12-14-27(26)43-6)30-29(25-10-8-9-15-34-25)36-32(45)38(30)21-11-13-24(28(18-21)44-7)35-31(40)33(3,4)5/h8-18,29-30H,1-7H3,(H,35,40)(H,36,45)/t29-,30-/m0/s1. The first-order valence-electron chi connectivity index (χ1n) is 14.4. The first-order valence-corrected chi connectivity index (χ1v) is 14.8. The molecular formula is C33H36N6O5S. The van der Waals surface area contributed by atoms with Crippen LogP contribution in [0.2, 0.25) is 0 Å². The van der Waals surface area contributed by atoms with Crippen molar-refractivity contribution in [2.75, 3.05) is 24.4 Å². The number of rotatable bonds is 8. The second-order valence-corrected chi connectivity index (χ2v) is 12.2. The van der Waals surface area contributed by atoms with Crippen molar-refractivity contribution in [1.29, 1.82) is 0 Å². The number of nitro groups is 1. The lowest BCUT2D eigenvalue weighted by Crippen LogP contribution is -2.30. The van der Waals surface area contributed by atoms with E-state index in [2.05, 4.69) is 21.7 Å². The van der Waals surface area contributed by atoms with Crippen LogP contribution < -0.4 is 25.0 Å². The van der Waals surface area contributed by atoms with Crippen LogP contribution in [0, 0.1) is 29.4 Å². The molecule has 2 aromatic heterocycles. The van der Waals surface area contributed by atoms with Gasteiger partial charge < -0.3 is 29.6 Å². The predicted octanol–water partition coefficient (Wildman–Crippen LogP) is 6.58. The number of thiocarbonyl (C=S) groups is 1. The number of carbonyl (C=O) groups excluding carboxylic acids is 1. The van der Waals surface area contributed by atoms with Crippen molar-refractivity contribution in [2.24, 2.45) is 5.41 Å². The molecule has 0 unspecified atom stereocenters. The smallest absolute Gasteiger partial charge is 0.271 e. The van der Waals surface area contributed by atoms with Crippen molar-refractivity contribution < 1.29 is 19.2 Å². The zero-order chi connectivity index (χ0) is 32.6. The highest BCUT2D eigenvalue weighted by Gasteiger charge is 2.42. The van der Waals surface area contributed by atoms with Crippen molar-refractivity contribution in [3.05, 3.63) is 99.6 Å². The molecule has 5 rings (SSSR count). The number of pyridine rings is 1. The molecule has 1 amide bonds. The van der Waals surface area contributed by atoms with E-state index in [9.17, 15) is 14.9 Å². The first kappa shape index (κ1) is 31.5. The van der Waals surface area contributed by atoms with Gasteiger partial charge in [0.2, 0.25) is 5.91 Å². The van der Waals surface area contributed by atoms with Gasteiger partial charge in [-0.1, -0.05) is 26.8 Å². The summed E-state index contributed by atoms with van der Waals surface area (Å²) in [6.07, 6.45) is 1.74. The van der Waals surface area contributed by atoms with Crippen LogP contribution in [-0.2, 0) is 4.79 Å². The van der Waals surface area contributed by atoms with Gasteiger partial charge in [0.05, 0.1) is 48.3 Å². The minimum Gasteiger partial charge on any atom is -0.495 e. The lowest BCUT2D eigenvalue weighted by molar-refractivity contribution is -0.384. The molecule has 0 radical (unpaired) electrons. The van der Waals surface area contributed by atoms with Gasteiger partial charge in [-0.3, -0.25) is 19.9 Å². The summed E-state index contributed by atoms with van der Waals surface area (Å²) in [6.45, 7) is 9.46. The number of methoxy groups -OCH3 is 2. The molecule has 1 aliphatic heterocycles. The molecule has 11 nitrogen and oxygen atoms in total. The van der Waals surface area contributed by atoms with Gasteiger partial charge in [-0.15, -0.1) is 0 Å². The van der Waals surface area contributed by atoms with Crippen molar-refractivity contribution in [3.63, 3.8) is 0 Å². The van der Waals surface area contributed by atoms with Crippen molar-refractivity contribution in [1.82, 2.24) is 14.9 Å². The largest absolute Gasteiger partial charge is 0.495 e. The third kappa shape index (κ3) is 5.93. The fraction of sp³-hybridized carbons (Fsp3) is 0.303. The Morgan fingerprint density at radius 3 is 2.40 bits per heavy atom. The van der Waals surface area contributed by atoms with Gasteiger partial charge in [-0.05, 0) is 68.0 Å². The van der Waals surface area contributed by atoms with Gasteiger partial charge in [0.1, 0.15) is 11.5 Å². The van der Waals surface area contributed by atoms with E-state index in [-0.39, 0.29) is 23.7 Å². The molecule has 0 aliphatic carbocycles.